The van der Waals surface area contributed by atoms with Gasteiger partial charge in [-0.3, -0.25) is 19.6 Å². The van der Waals surface area contributed by atoms with Crippen molar-refractivity contribution < 1.29 is 14.7 Å². The summed E-state index contributed by atoms with van der Waals surface area (Å²) in [4.78, 5) is 33.0. The third-order valence-electron chi connectivity index (χ3n) is 7.88. The number of aromatic nitrogens is 3. The Hall–Kier alpha value is -4.22. The van der Waals surface area contributed by atoms with Crippen molar-refractivity contribution >= 4 is 18.3 Å². The lowest BCUT2D eigenvalue weighted by Crippen LogP contribution is -2.51. The zero-order chi connectivity index (χ0) is 32.0. The van der Waals surface area contributed by atoms with Gasteiger partial charge in [-0.25, -0.2) is 4.98 Å². The first-order valence-corrected chi connectivity index (χ1v) is 15.4. The predicted molar refractivity (Wildman–Crippen MR) is 179 cm³/mol. The number of piperidine rings is 1. The monoisotopic (exact) mass is 611 g/mol. The Bertz CT molecular complexity index is 1490. The lowest BCUT2D eigenvalue weighted by atomic mass is 10.0. The Morgan fingerprint density at radius 1 is 0.956 bits per heavy atom. The number of carbonyl (C=O) groups excluding carboxylic acids is 2. The average Bonchev–Trinajstić information content (AvgIpc) is 3.51. The Morgan fingerprint density at radius 3 is 2.40 bits per heavy atom. The molecule has 45 heavy (non-hydrogen) atoms. The van der Waals surface area contributed by atoms with Gasteiger partial charge in [-0.15, -0.1) is 0 Å². The summed E-state index contributed by atoms with van der Waals surface area (Å²) in [5.74, 6) is 0. The number of pyridine rings is 1. The highest BCUT2D eigenvalue weighted by molar-refractivity contribution is 5.76. The van der Waals surface area contributed by atoms with Gasteiger partial charge in [-0.05, 0) is 80.4 Å². The van der Waals surface area contributed by atoms with Gasteiger partial charge >= 0.3 is 0 Å². The molecule has 4 heterocycles. The van der Waals surface area contributed by atoms with Crippen LogP contribution in [0.4, 0.5) is 5.69 Å². The van der Waals surface area contributed by atoms with Crippen molar-refractivity contribution in [2.75, 3.05) is 52.1 Å². The molecular formula is C35H45N7O3. The first-order valence-electron chi connectivity index (χ1n) is 15.4. The number of likely N-dealkylation sites (N-methyl/N-ethyl adjacent to an activating group) is 1. The molecule has 0 radical (unpaired) electrons. The molecule has 0 bridgehead atoms. The minimum absolute atomic E-state index is 0.185. The van der Waals surface area contributed by atoms with Crippen LogP contribution in [-0.2, 0) is 11.3 Å². The van der Waals surface area contributed by atoms with Gasteiger partial charge in [0.25, 0.3) is 0 Å². The van der Waals surface area contributed by atoms with Crippen LogP contribution in [0.3, 0.4) is 0 Å². The number of aliphatic hydroxyl groups is 1. The van der Waals surface area contributed by atoms with Crippen LogP contribution in [0.2, 0.25) is 0 Å². The second-order valence-electron chi connectivity index (χ2n) is 11.4. The van der Waals surface area contributed by atoms with Gasteiger partial charge in [0.05, 0.1) is 24.7 Å². The fourth-order valence-corrected chi connectivity index (χ4v) is 5.43. The lowest BCUT2D eigenvalue weighted by molar-refractivity contribution is -0.111. The molecule has 2 saturated heterocycles. The van der Waals surface area contributed by atoms with Crippen LogP contribution in [0.25, 0.3) is 16.8 Å². The number of imidazole rings is 1. The molecule has 2 fully saturated rings. The van der Waals surface area contributed by atoms with Gasteiger partial charge in [0.15, 0.2) is 6.29 Å². The van der Waals surface area contributed by atoms with Gasteiger partial charge in [-0.2, -0.15) is 0 Å². The Labute approximate surface area is 266 Å². The molecule has 238 valence electrons. The fourth-order valence-electron chi connectivity index (χ4n) is 5.43. The second-order valence-corrected chi connectivity index (χ2v) is 11.4. The largest absolute Gasteiger partial charge is 0.390 e. The third-order valence-corrected chi connectivity index (χ3v) is 7.88. The Kier molecular flexibility index (Phi) is 13.0. The van der Waals surface area contributed by atoms with Crippen molar-refractivity contribution in [3.05, 3.63) is 96.3 Å². The maximum absolute atomic E-state index is 10.5. The maximum Gasteiger partial charge on any atom is 0.168 e. The molecule has 3 N–H and O–H groups in total. The SMILES string of the molecule is CNc1cc(CN2CCCC(NC)C2)cc(-n2cnc(C)c2)c1.O=CCN1CC(O)C1.O=Cc1cc(-c2ccccc2)ccn1. The number of aldehydes is 2. The molecule has 0 amide bonds. The van der Waals surface area contributed by atoms with Crippen LogP contribution in [0.15, 0.2) is 79.4 Å². The highest BCUT2D eigenvalue weighted by Gasteiger charge is 2.22. The maximum atomic E-state index is 10.5. The molecule has 0 spiro atoms. The standard InChI is InChI=1S/C18H27N5.C12H9NO.C5H9NO2/c1-14-10-23(13-21-14)18-8-15(7-17(9-18)20-3)11-22-6-4-5-16(12-22)19-2;14-9-12-8-11(6-7-13-12)10-4-2-1-3-5-10;7-2-1-6-3-5(8)4-6/h7-10,13,16,19-20H,4-6,11-12H2,1-3H3;1-9H;2,5,8H,1,3-4H2. The molecule has 2 aliphatic heterocycles. The van der Waals surface area contributed by atoms with Crippen LogP contribution < -0.4 is 10.6 Å². The summed E-state index contributed by atoms with van der Waals surface area (Å²) in [5.41, 5.74) is 7.26. The van der Waals surface area contributed by atoms with Crippen LogP contribution in [0, 0.1) is 6.92 Å². The quantitative estimate of drug-likeness (QED) is 0.243. The summed E-state index contributed by atoms with van der Waals surface area (Å²) in [6, 6.07) is 20.9. The van der Waals surface area contributed by atoms with Crippen molar-refractivity contribution in [1.82, 2.24) is 29.7 Å². The van der Waals surface area contributed by atoms with E-state index in [1.807, 2.05) is 61.6 Å². The number of aliphatic hydroxyl groups excluding tert-OH is 1. The van der Waals surface area contributed by atoms with Crippen molar-refractivity contribution in [3.63, 3.8) is 0 Å². The molecule has 0 saturated carbocycles. The van der Waals surface area contributed by atoms with E-state index >= 15 is 0 Å². The first-order chi connectivity index (χ1) is 21.9. The Morgan fingerprint density at radius 2 is 1.76 bits per heavy atom. The molecule has 4 aromatic rings. The topological polar surface area (TPSA) is 116 Å². The molecule has 0 aliphatic carbocycles. The number of hydrogen-bond donors (Lipinski definition) is 3. The number of carbonyl (C=O) groups is 2. The Balaban J connectivity index is 0.000000176. The summed E-state index contributed by atoms with van der Waals surface area (Å²) in [6.45, 7) is 7.12. The van der Waals surface area contributed by atoms with E-state index in [2.05, 4.69) is 61.5 Å². The van der Waals surface area contributed by atoms with Crippen molar-refractivity contribution in [2.45, 2.75) is 38.5 Å². The third kappa shape index (κ3) is 10.4. The summed E-state index contributed by atoms with van der Waals surface area (Å²) in [7, 11) is 4.04. The number of rotatable bonds is 9. The van der Waals surface area contributed by atoms with E-state index in [0.29, 0.717) is 31.4 Å². The van der Waals surface area contributed by atoms with Gasteiger partial charge < -0.3 is 25.1 Å². The van der Waals surface area contributed by atoms with Crippen LogP contribution in [-0.4, -0.2) is 101 Å². The highest BCUT2D eigenvalue weighted by Crippen LogP contribution is 2.22. The number of hydrogen-bond acceptors (Lipinski definition) is 9. The number of nitrogens with one attached hydrogen (secondary N) is 2. The molecule has 2 aromatic carbocycles. The summed E-state index contributed by atoms with van der Waals surface area (Å²) >= 11 is 0. The van der Waals surface area contributed by atoms with E-state index in [1.54, 1.807) is 12.3 Å². The molecule has 10 nitrogen and oxygen atoms in total. The summed E-state index contributed by atoms with van der Waals surface area (Å²) < 4.78 is 2.09. The normalized spacial score (nSPS) is 16.8. The molecular weight excluding hydrogens is 566 g/mol. The van der Waals surface area contributed by atoms with Crippen molar-refractivity contribution in [3.8, 4) is 16.8 Å². The first kappa shape index (κ1) is 33.7. The molecule has 10 heteroatoms. The number of nitrogens with zero attached hydrogens (tertiary/aromatic N) is 5. The molecule has 1 atom stereocenters. The summed E-state index contributed by atoms with van der Waals surface area (Å²) in [6.07, 6.45) is 9.57. The van der Waals surface area contributed by atoms with E-state index < -0.39 is 0 Å². The number of anilines is 1. The lowest BCUT2D eigenvalue weighted by Gasteiger charge is -2.33. The van der Waals surface area contributed by atoms with E-state index in [9.17, 15) is 9.59 Å². The molecule has 1 unspecified atom stereocenters. The summed E-state index contributed by atoms with van der Waals surface area (Å²) in [5, 5.41) is 15.4. The predicted octanol–water partition coefficient (Wildman–Crippen LogP) is 3.83. The average molecular weight is 612 g/mol. The van der Waals surface area contributed by atoms with E-state index in [4.69, 9.17) is 5.11 Å². The van der Waals surface area contributed by atoms with E-state index in [0.717, 1.165) is 53.9 Å². The van der Waals surface area contributed by atoms with E-state index in [-0.39, 0.29) is 6.10 Å². The number of likely N-dealkylation sites (tertiary alicyclic amines) is 2. The van der Waals surface area contributed by atoms with Gasteiger partial charge in [0.2, 0.25) is 0 Å². The molecule has 2 aromatic heterocycles. The smallest absolute Gasteiger partial charge is 0.168 e. The number of β-amino-alcohol motifs (C(OH)–C–C–N with tert-alkyl or cyclic N) is 1. The minimum Gasteiger partial charge on any atom is -0.390 e. The number of benzene rings is 2. The minimum atomic E-state index is -0.185. The van der Waals surface area contributed by atoms with Crippen molar-refractivity contribution in [1.29, 1.82) is 0 Å². The van der Waals surface area contributed by atoms with Gasteiger partial charge in [0, 0.05) is 63.0 Å². The highest BCUT2D eigenvalue weighted by atomic mass is 16.3. The van der Waals surface area contributed by atoms with Crippen LogP contribution in [0.1, 0.15) is 34.6 Å². The number of aryl methyl sites for hydroxylation is 1. The molecule has 2 aliphatic rings. The van der Waals surface area contributed by atoms with Crippen LogP contribution in [0.5, 0.6) is 0 Å². The molecule has 6 rings (SSSR count). The van der Waals surface area contributed by atoms with Gasteiger partial charge in [-0.1, -0.05) is 30.3 Å². The fraction of sp³-hybridized carbons (Fsp3) is 0.371. The zero-order valence-corrected chi connectivity index (χ0v) is 26.5. The van der Waals surface area contributed by atoms with Crippen molar-refractivity contribution in [2.24, 2.45) is 0 Å². The van der Waals surface area contributed by atoms with E-state index in [1.165, 1.54) is 24.9 Å². The second kappa shape index (κ2) is 17.3. The van der Waals surface area contributed by atoms with Crippen LogP contribution >= 0.6 is 0 Å². The zero-order valence-electron chi connectivity index (χ0n) is 26.5. The van der Waals surface area contributed by atoms with Gasteiger partial charge in [0.1, 0.15) is 12.0 Å².